The third-order valence-electron chi connectivity index (χ3n) is 4.74. The van der Waals surface area contributed by atoms with Crippen molar-refractivity contribution < 1.29 is 22.8 Å². The molecule has 2 N–H and O–H groups in total. The number of amides is 1. The largest absolute Gasteiger partial charge is 0.405 e. The fourth-order valence-corrected chi connectivity index (χ4v) is 3.14. The van der Waals surface area contributed by atoms with Crippen LogP contribution < -0.4 is 10.6 Å². The molecule has 5 nitrogen and oxygen atoms in total. The van der Waals surface area contributed by atoms with Gasteiger partial charge in [-0.2, -0.15) is 13.2 Å². The standard InChI is InChI=1S/C19H26F3N3O2.ClH/c1-13-3-4-14(2)15(11-13)16(26)5-6-18(27)24-12-17(19(20,21)22)25-9-7-23-8-10-25;/h3-4,11,17,23H,5-10,12H2,1-2H3,(H,24,27);1H. The van der Waals surface area contributed by atoms with Gasteiger partial charge in [0.2, 0.25) is 5.91 Å². The van der Waals surface area contributed by atoms with Crippen LogP contribution in [0.15, 0.2) is 18.2 Å². The van der Waals surface area contributed by atoms with Gasteiger partial charge in [-0.05, 0) is 25.5 Å². The summed E-state index contributed by atoms with van der Waals surface area (Å²) < 4.78 is 39.9. The van der Waals surface area contributed by atoms with E-state index in [2.05, 4.69) is 10.6 Å². The number of piperazine rings is 1. The van der Waals surface area contributed by atoms with Gasteiger partial charge in [-0.3, -0.25) is 14.5 Å². The van der Waals surface area contributed by atoms with Crippen molar-refractivity contribution in [3.63, 3.8) is 0 Å². The Bertz CT molecular complexity index is 677. The molecule has 1 aliphatic rings. The molecule has 1 heterocycles. The first-order valence-corrected chi connectivity index (χ1v) is 9.07. The van der Waals surface area contributed by atoms with E-state index in [-0.39, 0.29) is 44.1 Å². The van der Waals surface area contributed by atoms with Crippen LogP contribution in [0.5, 0.6) is 0 Å². The minimum atomic E-state index is -4.42. The van der Waals surface area contributed by atoms with Gasteiger partial charge in [0, 0.05) is 51.1 Å². The summed E-state index contributed by atoms with van der Waals surface area (Å²) in [4.78, 5) is 25.6. The van der Waals surface area contributed by atoms with Crippen LogP contribution in [0, 0.1) is 13.8 Å². The summed E-state index contributed by atoms with van der Waals surface area (Å²) in [5.41, 5.74) is 2.32. The molecule has 1 aromatic rings. The fourth-order valence-electron chi connectivity index (χ4n) is 3.14. The van der Waals surface area contributed by atoms with Gasteiger partial charge in [0.25, 0.3) is 0 Å². The van der Waals surface area contributed by atoms with Crippen molar-refractivity contribution in [3.8, 4) is 0 Å². The first-order valence-electron chi connectivity index (χ1n) is 9.07. The Balaban J connectivity index is 0.00000392. The van der Waals surface area contributed by atoms with Crippen LogP contribution in [0.2, 0.25) is 0 Å². The summed E-state index contributed by atoms with van der Waals surface area (Å²) in [6.45, 7) is 4.73. The van der Waals surface area contributed by atoms with E-state index in [0.29, 0.717) is 18.7 Å². The molecule has 9 heteroatoms. The number of nitrogens with one attached hydrogen (secondary N) is 2. The summed E-state index contributed by atoms with van der Waals surface area (Å²) in [6.07, 6.45) is -4.57. The molecule has 0 bridgehead atoms. The van der Waals surface area contributed by atoms with Crippen molar-refractivity contribution in [2.75, 3.05) is 32.7 Å². The molecular formula is C19H27ClF3N3O2. The average Bonchev–Trinajstić information content (AvgIpc) is 2.61. The zero-order chi connectivity index (χ0) is 20.0. The summed E-state index contributed by atoms with van der Waals surface area (Å²) in [5, 5.41) is 5.36. The lowest BCUT2D eigenvalue weighted by Gasteiger charge is -2.35. The molecule has 0 aromatic heterocycles. The molecule has 0 saturated carbocycles. The molecule has 1 saturated heterocycles. The maximum Gasteiger partial charge on any atom is 0.405 e. The number of aryl methyl sites for hydroxylation is 2. The highest BCUT2D eigenvalue weighted by Gasteiger charge is 2.43. The molecule has 0 aliphatic carbocycles. The Kier molecular flexibility index (Phi) is 9.39. The number of carbonyl (C=O) groups is 2. The van der Waals surface area contributed by atoms with Crippen LogP contribution >= 0.6 is 12.4 Å². The van der Waals surface area contributed by atoms with E-state index in [1.807, 2.05) is 26.0 Å². The van der Waals surface area contributed by atoms with Gasteiger partial charge in [0.1, 0.15) is 6.04 Å². The minimum Gasteiger partial charge on any atom is -0.354 e. The summed E-state index contributed by atoms with van der Waals surface area (Å²) in [7, 11) is 0. The van der Waals surface area contributed by atoms with Crippen LogP contribution in [-0.2, 0) is 4.79 Å². The van der Waals surface area contributed by atoms with E-state index in [1.165, 1.54) is 4.90 Å². The number of nitrogens with zero attached hydrogens (tertiary/aromatic N) is 1. The van der Waals surface area contributed by atoms with Crippen molar-refractivity contribution in [2.24, 2.45) is 0 Å². The molecular weight excluding hydrogens is 395 g/mol. The second-order valence-electron chi connectivity index (χ2n) is 6.89. The average molecular weight is 422 g/mol. The summed E-state index contributed by atoms with van der Waals surface area (Å²) in [6, 6.07) is 3.79. The lowest BCUT2D eigenvalue weighted by atomic mass is 9.99. The van der Waals surface area contributed by atoms with Gasteiger partial charge in [0.05, 0.1) is 0 Å². The molecule has 0 radical (unpaired) electrons. The molecule has 0 spiro atoms. The molecule has 158 valence electrons. The van der Waals surface area contributed by atoms with Crippen LogP contribution in [-0.4, -0.2) is 61.5 Å². The highest BCUT2D eigenvalue weighted by atomic mass is 35.5. The fraction of sp³-hybridized carbons (Fsp3) is 0.579. The Morgan fingerprint density at radius 3 is 2.43 bits per heavy atom. The predicted molar refractivity (Wildman–Crippen MR) is 104 cm³/mol. The Hall–Kier alpha value is -1.64. The van der Waals surface area contributed by atoms with Crippen molar-refractivity contribution in [1.29, 1.82) is 0 Å². The van der Waals surface area contributed by atoms with Crippen LogP contribution in [0.3, 0.4) is 0 Å². The smallest absolute Gasteiger partial charge is 0.354 e. The summed E-state index contributed by atoms with van der Waals surface area (Å²) in [5.74, 6) is -0.723. The van der Waals surface area contributed by atoms with Crippen LogP contribution in [0.1, 0.15) is 34.3 Å². The first kappa shape index (κ1) is 24.4. The molecule has 1 amide bonds. The highest BCUT2D eigenvalue weighted by Crippen LogP contribution is 2.24. The number of benzene rings is 1. The van der Waals surface area contributed by atoms with Gasteiger partial charge in [-0.1, -0.05) is 17.7 Å². The zero-order valence-electron chi connectivity index (χ0n) is 16.1. The number of Topliss-reactive ketones (excluding diaryl/α,β-unsaturated/α-hetero) is 1. The number of halogens is 4. The number of hydrogen-bond donors (Lipinski definition) is 2. The Morgan fingerprint density at radius 2 is 1.82 bits per heavy atom. The van der Waals surface area contributed by atoms with Gasteiger partial charge in [0.15, 0.2) is 5.78 Å². The van der Waals surface area contributed by atoms with E-state index in [0.717, 1.165) is 11.1 Å². The van der Waals surface area contributed by atoms with E-state index >= 15 is 0 Å². The topological polar surface area (TPSA) is 61.4 Å². The lowest BCUT2D eigenvalue weighted by Crippen LogP contribution is -2.57. The SMILES string of the molecule is Cc1ccc(C)c(C(=O)CCC(=O)NCC(N2CCNCC2)C(F)(F)F)c1.Cl. The third kappa shape index (κ3) is 7.07. The molecule has 1 atom stereocenters. The Morgan fingerprint density at radius 1 is 1.18 bits per heavy atom. The minimum absolute atomic E-state index is 0. The second-order valence-corrected chi connectivity index (χ2v) is 6.89. The zero-order valence-corrected chi connectivity index (χ0v) is 16.9. The normalized spacial score (nSPS) is 16.2. The Labute approximate surface area is 169 Å². The van der Waals surface area contributed by atoms with E-state index in [4.69, 9.17) is 0 Å². The first-order chi connectivity index (χ1) is 12.7. The van der Waals surface area contributed by atoms with Gasteiger partial charge in [-0.15, -0.1) is 12.4 Å². The van der Waals surface area contributed by atoms with Crippen LogP contribution in [0.4, 0.5) is 13.2 Å². The molecule has 2 rings (SSSR count). The quantitative estimate of drug-likeness (QED) is 0.664. The molecule has 28 heavy (non-hydrogen) atoms. The molecule has 1 aliphatic heterocycles. The number of carbonyl (C=O) groups excluding carboxylic acids is 2. The molecule has 1 fully saturated rings. The maximum absolute atomic E-state index is 13.3. The maximum atomic E-state index is 13.3. The summed E-state index contributed by atoms with van der Waals surface area (Å²) >= 11 is 0. The molecule has 1 unspecified atom stereocenters. The van der Waals surface area contributed by atoms with Gasteiger partial charge in [-0.25, -0.2) is 0 Å². The van der Waals surface area contributed by atoms with E-state index in [9.17, 15) is 22.8 Å². The van der Waals surface area contributed by atoms with Crippen LogP contribution in [0.25, 0.3) is 0 Å². The van der Waals surface area contributed by atoms with Crippen molar-refractivity contribution in [3.05, 3.63) is 34.9 Å². The number of ketones is 1. The van der Waals surface area contributed by atoms with Crippen molar-refractivity contribution in [1.82, 2.24) is 15.5 Å². The van der Waals surface area contributed by atoms with E-state index < -0.39 is 24.7 Å². The van der Waals surface area contributed by atoms with Crippen molar-refractivity contribution >= 4 is 24.1 Å². The number of rotatable bonds is 7. The predicted octanol–water partition coefficient (Wildman–Crippen LogP) is 2.64. The number of alkyl halides is 3. The lowest BCUT2D eigenvalue weighted by molar-refractivity contribution is -0.184. The molecule has 1 aromatic carbocycles. The monoisotopic (exact) mass is 421 g/mol. The third-order valence-corrected chi connectivity index (χ3v) is 4.74. The van der Waals surface area contributed by atoms with Crippen molar-refractivity contribution in [2.45, 2.75) is 38.9 Å². The highest BCUT2D eigenvalue weighted by molar-refractivity contribution is 5.99. The second kappa shape index (κ2) is 10.8. The van der Waals surface area contributed by atoms with Gasteiger partial charge >= 0.3 is 6.18 Å². The van der Waals surface area contributed by atoms with E-state index in [1.54, 1.807) is 6.07 Å². The van der Waals surface area contributed by atoms with Gasteiger partial charge < -0.3 is 10.6 Å². The number of hydrogen-bond acceptors (Lipinski definition) is 4.